The first-order valence-electron chi connectivity index (χ1n) is 8.03. The lowest BCUT2D eigenvalue weighted by molar-refractivity contribution is -0.121. The molecule has 138 valence electrons. The number of rotatable bonds is 7. The van der Waals surface area contributed by atoms with Gasteiger partial charge in [-0.25, -0.2) is 0 Å². The molecule has 0 saturated heterocycles. The van der Waals surface area contributed by atoms with E-state index in [1.54, 1.807) is 25.3 Å². The predicted molar refractivity (Wildman–Crippen MR) is 104 cm³/mol. The Morgan fingerprint density at radius 2 is 1.81 bits per heavy atom. The maximum Gasteiger partial charge on any atom is 0.223 e. The molecule has 2 amide bonds. The number of nitrogens with one attached hydrogen (secondary N) is 1. The van der Waals surface area contributed by atoms with Crippen LogP contribution in [0, 0.1) is 0 Å². The number of methoxy groups -OCH3 is 1. The number of halogens is 2. The second kappa shape index (κ2) is 9.46. The molecule has 0 aliphatic heterocycles. The van der Waals surface area contributed by atoms with Crippen molar-refractivity contribution in [2.24, 2.45) is 0 Å². The summed E-state index contributed by atoms with van der Waals surface area (Å²) in [7, 11) is 1.60. The number of amides is 2. The topological polar surface area (TPSA) is 58.6 Å². The summed E-state index contributed by atoms with van der Waals surface area (Å²) in [5.74, 6) is 0.387. The van der Waals surface area contributed by atoms with Gasteiger partial charge >= 0.3 is 0 Å². The van der Waals surface area contributed by atoms with E-state index < -0.39 is 0 Å². The number of carbonyl (C=O) groups is 2. The minimum absolute atomic E-state index is 0.151. The largest absolute Gasteiger partial charge is 0.497 e. The molecule has 26 heavy (non-hydrogen) atoms. The third-order valence-electron chi connectivity index (χ3n) is 3.79. The Labute approximate surface area is 162 Å². The van der Waals surface area contributed by atoms with Crippen LogP contribution < -0.4 is 15.0 Å². The number of hydrogen-bond donors (Lipinski definition) is 1. The lowest BCUT2D eigenvalue weighted by Crippen LogP contribution is -2.34. The first-order valence-corrected chi connectivity index (χ1v) is 8.79. The molecule has 1 N–H and O–H groups in total. The Hall–Kier alpha value is -2.24. The van der Waals surface area contributed by atoms with Crippen LogP contribution in [0.25, 0.3) is 0 Å². The molecule has 0 heterocycles. The normalized spacial score (nSPS) is 10.3. The average Bonchev–Trinajstić information content (AvgIpc) is 2.63. The SMILES string of the molecule is COc1ccc(CNC(=O)CCN(C(C)=O)c2cc(Cl)ccc2Cl)cc1. The van der Waals surface area contributed by atoms with E-state index >= 15 is 0 Å². The lowest BCUT2D eigenvalue weighted by Gasteiger charge is -2.22. The summed E-state index contributed by atoms with van der Waals surface area (Å²) in [4.78, 5) is 25.5. The van der Waals surface area contributed by atoms with Crippen molar-refractivity contribution in [3.05, 3.63) is 58.1 Å². The maximum atomic E-state index is 12.1. The summed E-state index contributed by atoms with van der Waals surface area (Å²) in [6, 6.07) is 12.3. The molecule has 7 heteroatoms. The van der Waals surface area contributed by atoms with Crippen LogP contribution in [-0.4, -0.2) is 25.5 Å². The van der Waals surface area contributed by atoms with E-state index in [4.69, 9.17) is 27.9 Å². The fourth-order valence-electron chi connectivity index (χ4n) is 2.39. The average molecular weight is 395 g/mol. The highest BCUT2D eigenvalue weighted by Gasteiger charge is 2.16. The maximum absolute atomic E-state index is 12.1. The molecule has 0 saturated carbocycles. The Bertz CT molecular complexity index is 779. The molecule has 2 aromatic carbocycles. The predicted octanol–water partition coefficient (Wildman–Crippen LogP) is 4.06. The zero-order valence-electron chi connectivity index (χ0n) is 14.6. The Balaban J connectivity index is 1.92. The molecule has 0 radical (unpaired) electrons. The van der Waals surface area contributed by atoms with Crippen LogP contribution in [0.3, 0.4) is 0 Å². The molecule has 0 aliphatic carbocycles. The second-order valence-electron chi connectivity index (χ2n) is 5.64. The zero-order chi connectivity index (χ0) is 19.1. The van der Waals surface area contributed by atoms with Crippen LogP contribution in [0.1, 0.15) is 18.9 Å². The first-order chi connectivity index (χ1) is 12.4. The number of ether oxygens (including phenoxy) is 1. The van der Waals surface area contributed by atoms with Gasteiger partial charge in [-0.05, 0) is 35.9 Å². The van der Waals surface area contributed by atoms with Gasteiger partial charge in [-0.2, -0.15) is 0 Å². The van der Waals surface area contributed by atoms with E-state index in [0.29, 0.717) is 22.3 Å². The molecule has 0 aromatic heterocycles. The number of nitrogens with zero attached hydrogens (tertiary/aromatic N) is 1. The summed E-state index contributed by atoms with van der Waals surface area (Å²) in [5, 5.41) is 3.71. The third kappa shape index (κ3) is 5.64. The van der Waals surface area contributed by atoms with Crippen LogP contribution >= 0.6 is 23.2 Å². The second-order valence-corrected chi connectivity index (χ2v) is 6.48. The van der Waals surface area contributed by atoms with Gasteiger partial charge in [0.15, 0.2) is 0 Å². The third-order valence-corrected chi connectivity index (χ3v) is 4.35. The van der Waals surface area contributed by atoms with Crippen molar-refractivity contribution in [2.45, 2.75) is 19.9 Å². The molecule has 5 nitrogen and oxygen atoms in total. The van der Waals surface area contributed by atoms with Gasteiger partial charge in [-0.3, -0.25) is 9.59 Å². The summed E-state index contributed by atoms with van der Waals surface area (Å²) in [6.45, 7) is 2.04. The van der Waals surface area contributed by atoms with Crippen molar-refractivity contribution in [2.75, 3.05) is 18.6 Å². The van der Waals surface area contributed by atoms with Crippen molar-refractivity contribution in [3.8, 4) is 5.75 Å². The molecule has 0 unspecified atom stereocenters. The van der Waals surface area contributed by atoms with Gasteiger partial charge in [0.25, 0.3) is 0 Å². The van der Waals surface area contributed by atoms with E-state index in [-0.39, 0.29) is 24.8 Å². The van der Waals surface area contributed by atoms with Crippen molar-refractivity contribution < 1.29 is 14.3 Å². The van der Waals surface area contributed by atoms with Crippen LogP contribution in [0.15, 0.2) is 42.5 Å². The molecule has 0 fully saturated rings. The smallest absolute Gasteiger partial charge is 0.223 e. The van der Waals surface area contributed by atoms with Crippen molar-refractivity contribution in [1.29, 1.82) is 0 Å². The molecule has 2 aromatic rings. The van der Waals surface area contributed by atoms with Crippen LogP contribution in [-0.2, 0) is 16.1 Å². The monoisotopic (exact) mass is 394 g/mol. The minimum atomic E-state index is -0.211. The summed E-state index contributed by atoms with van der Waals surface area (Å²) in [5.41, 5.74) is 1.45. The summed E-state index contributed by atoms with van der Waals surface area (Å²) >= 11 is 12.1. The zero-order valence-corrected chi connectivity index (χ0v) is 16.1. The van der Waals surface area contributed by atoms with Crippen molar-refractivity contribution in [3.63, 3.8) is 0 Å². The Kier molecular flexibility index (Phi) is 7.30. The summed E-state index contributed by atoms with van der Waals surface area (Å²) in [6.07, 6.45) is 0.151. The van der Waals surface area contributed by atoms with Crippen LogP contribution in [0.4, 0.5) is 5.69 Å². The molecule has 0 atom stereocenters. The highest BCUT2D eigenvalue weighted by molar-refractivity contribution is 6.35. The van der Waals surface area contributed by atoms with Crippen molar-refractivity contribution >= 4 is 40.7 Å². The Morgan fingerprint density at radius 1 is 1.12 bits per heavy atom. The fourth-order valence-corrected chi connectivity index (χ4v) is 2.77. The van der Waals surface area contributed by atoms with Gasteiger partial charge < -0.3 is 15.0 Å². The van der Waals surface area contributed by atoms with Gasteiger partial charge in [-0.1, -0.05) is 35.3 Å². The van der Waals surface area contributed by atoms with E-state index in [0.717, 1.165) is 11.3 Å². The van der Waals surface area contributed by atoms with E-state index in [9.17, 15) is 9.59 Å². The Morgan fingerprint density at radius 3 is 2.42 bits per heavy atom. The molecule has 0 spiro atoms. The van der Waals surface area contributed by atoms with E-state index in [1.807, 2.05) is 24.3 Å². The number of hydrogen-bond acceptors (Lipinski definition) is 3. The molecule has 0 bridgehead atoms. The standard InChI is InChI=1S/C19H20Cl2N2O3/c1-13(24)23(18-11-15(20)5-8-17(18)21)10-9-19(25)22-12-14-3-6-16(26-2)7-4-14/h3-8,11H,9-10,12H2,1-2H3,(H,22,25). The van der Waals surface area contributed by atoms with Gasteiger partial charge in [0.2, 0.25) is 11.8 Å². The molecular weight excluding hydrogens is 375 g/mol. The number of anilines is 1. The van der Waals surface area contributed by atoms with E-state index in [2.05, 4.69) is 5.32 Å². The quantitative estimate of drug-likeness (QED) is 0.769. The minimum Gasteiger partial charge on any atom is -0.497 e. The highest BCUT2D eigenvalue weighted by atomic mass is 35.5. The molecule has 2 rings (SSSR count). The first kappa shape index (κ1) is 20.1. The van der Waals surface area contributed by atoms with Crippen LogP contribution in [0.5, 0.6) is 5.75 Å². The summed E-state index contributed by atoms with van der Waals surface area (Å²) < 4.78 is 5.10. The van der Waals surface area contributed by atoms with Gasteiger partial charge in [0.1, 0.15) is 5.75 Å². The fraction of sp³-hybridized carbons (Fsp3) is 0.263. The van der Waals surface area contributed by atoms with Crippen LogP contribution in [0.2, 0.25) is 10.0 Å². The van der Waals surface area contributed by atoms with Crippen molar-refractivity contribution in [1.82, 2.24) is 5.32 Å². The van der Waals surface area contributed by atoms with E-state index in [1.165, 1.54) is 11.8 Å². The number of benzene rings is 2. The molecular formula is C19H20Cl2N2O3. The highest BCUT2D eigenvalue weighted by Crippen LogP contribution is 2.29. The number of carbonyl (C=O) groups excluding carboxylic acids is 2. The van der Waals surface area contributed by atoms with Gasteiger partial charge in [0.05, 0.1) is 17.8 Å². The van der Waals surface area contributed by atoms with Gasteiger partial charge in [-0.15, -0.1) is 0 Å². The van der Waals surface area contributed by atoms with Gasteiger partial charge in [0, 0.05) is 31.5 Å². The molecule has 0 aliphatic rings. The lowest BCUT2D eigenvalue weighted by atomic mass is 10.2.